The number of phosphoric ester groups is 2. The molecule has 3 aliphatic heterocycles. The van der Waals surface area contributed by atoms with Crippen LogP contribution in [0.3, 0.4) is 0 Å². The summed E-state index contributed by atoms with van der Waals surface area (Å²) >= 11 is 0. The molecular weight excluding hydrogens is 648 g/mol. The lowest BCUT2D eigenvalue weighted by atomic mass is 9.98. The number of hydrogen-bond donors (Lipinski definition) is 4. The van der Waals surface area contributed by atoms with Gasteiger partial charge >= 0.3 is 15.6 Å². The molecule has 3 saturated heterocycles. The number of imidazole rings is 1. The van der Waals surface area contributed by atoms with Gasteiger partial charge in [0.15, 0.2) is 17.4 Å². The summed E-state index contributed by atoms with van der Waals surface area (Å²) in [6.07, 6.45) is -6.28. The number of ether oxygens (including phenoxy) is 3. The van der Waals surface area contributed by atoms with Crippen molar-refractivity contribution in [3.63, 3.8) is 0 Å². The number of fused-ring (bicyclic) bond motifs is 5. The van der Waals surface area contributed by atoms with Crippen molar-refractivity contribution in [3.8, 4) is 0 Å². The molecule has 0 aliphatic carbocycles. The van der Waals surface area contributed by atoms with Gasteiger partial charge in [-0.2, -0.15) is 4.98 Å². The van der Waals surface area contributed by atoms with Gasteiger partial charge in [-0.3, -0.25) is 32.4 Å². The number of aromatic amines is 1. The SMILES string of the molecule is CCOC1[C@H]2COP(=O)(O)OC3C[C@H](c4cccc5ccccc45)O[C@@H]3COP(=O)(O)O[C@@H]1[C@H](n1cnc3c(=O)[nH]c(N)nc31)O2. The van der Waals surface area contributed by atoms with Crippen molar-refractivity contribution in [2.24, 2.45) is 0 Å². The van der Waals surface area contributed by atoms with E-state index in [1.807, 2.05) is 42.5 Å². The number of rotatable bonds is 4. The Bertz CT molecular complexity index is 1920. The predicted octanol–water partition coefficient (Wildman–Crippen LogP) is 2.71. The molecule has 0 saturated carbocycles. The molecule has 246 valence electrons. The summed E-state index contributed by atoms with van der Waals surface area (Å²) in [6, 6.07) is 13.4. The fourth-order valence-electron chi connectivity index (χ4n) is 6.13. The molecule has 0 radical (unpaired) electrons. The first-order valence-corrected chi connectivity index (χ1v) is 17.4. The van der Waals surface area contributed by atoms with Crippen LogP contribution >= 0.6 is 15.6 Å². The lowest BCUT2D eigenvalue weighted by molar-refractivity contribution is -0.0646. The number of nitrogens with two attached hydrogens (primary N) is 1. The third kappa shape index (κ3) is 6.05. The van der Waals surface area contributed by atoms with E-state index in [1.54, 1.807) is 6.92 Å². The van der Waals surface area contributed by atoms with Gasteiger partial charge < -0.3 is 29.7 Å². The summed E-state index contributed by atoms with van der Waals surface area (Å²) in [4.78, 5) is 44.7. The Kier molecular flexibility index (Phi) is 8.36. The van der Waals surface area contributed by atoms with Crippen LogP contribution in [0.4, 0.5) is 5.95 Å². The minimum atomic E-state index is -4.91. The summed E-state index contributed by atoms with van der Waals surface area (Å²) in [6.45, 7) is 0.691. The Balaban J connectivity index is 1.21. The van der Waals surface area contributed by atoms with Crippen molar-refractivity contribution in [2.45, 2.75) is 56.2 Å². The van der Waals surface area contributed by atoms with E-state index in [-0.39, 0.29) is 30.1 Å². The summed E-state index contributed by atoms with van der Waals surface area (Å²) in [5.41, 5.74) is 5.84. The maximum atomic E-state index is 13.5. The molecule has 19 heteroatoms. The van der Waals surface area contributed by atoms with Crippen molar-refractivity contribution in [3.05, 3.63) is 64.7 Å². The third-order valence-electron chi connectivity index (χ3n) is 8.07. The van der Waals surface area contributed by atoms with E-state index in [1.165, 1.54) is 10.9 Å². The zero-order chi connectivity index (χ0) is 32.2. The maximum Gasteiger partial charge on any atom is 0.472 e. The van der Waals surface area contributed by atoms with Crippen molar-refractivity contribution in [1.82, 2.24) is 19.5 Å². The van der Waals surface area contributed by atoms with Crippen molar-refractivity contribution < 1.29 is 51.2 Å². The summed E-state index contributed by atoms with van der Waals surface area (Å²) in [5, 5.41) is 1.88. The quantitative estimate of drug-likeness (QED) is 0.227. The van der Waals surface area contributed by atoms with E-state index in [4.69, 9.17) is 38.0 Å². The number of nitrogen functional groups attached to an aromatic ring is 1. The normalized spacial score (nSPS) is 35.4. The number of nitrogens with zero attached hydrogens (tertiary/aromatic N) is 3. The van der Waals surface area contributed by atoms with Gasteiger partial charge in [0, 0.05) is 13.0 Å². The standard InChI is InChI=1S/C27H31N5O12P2/c1-2-38-22-20-12-40-45(34,35)43-18-10-17(16-9-5-7-14-6-3-4-8-15(14)16)41-19(18)11-39-46(36,37)44-23(22)26(42-20)32-13-29-21-24(32)30-27(28)31-25(21)33/h3-9,13,17-20,22-23,26H,2,10-12H2,1H3,(H,34,35)(H,36,37)(H3,28,30,31,33)/t17-,18?,19-,20-,22?,23+,26-/m1/s1. The van der Waals surface area contributed by atoms with E-state index < -0.39 is 77.3 Å². The third-order valence-corrected chi connectivity index (χ3v) is 10.1. The van der Waals surface area contributed by atoms with Crippen molar-refractivity contribution >= 4 is 43.5 Å². The number of anilines is 1. The Hall–Kier alpha value is -3.05. The van der Waals surface area contributed by atoms with Gasteiger partial charge in [0.2, 0.25) is 5.95 Å². The van der Waals surface area contributed by atoms with Crippen molar-refractivity contribution in [2.75, 3.05) is 25.6 Å². The molecule has 2 aromatic heterocycles. The van der Waals surface area contributed by atoms with Gasteiger partial charge in [0.05, 0.1) is 25.6 Å². The molecule has 3 aliphatic rings. The predicted molar refractivity (Wildman–Crippen MR) is 159 cm³/mol. The summed E-state index contributed by atoms with van der Waals surface area (Å²) < 4.78 is 68.3. The Morgan fingerprint density at radius 3 is 2.57 bits per heavy atom. The first kappa shape index (κ1) is 31.5. The highest BCUT2D eigenvalue weighted by Gasteiger charge is 2.53. The van der Waals surface area contributed by atoms with Crippen LogP contribution in [0.2, 0.25) is 0 Å². The van der Waals surface area contributed by atoms with Crippen LogP contribution in [0.5, 0.6) is 0 Å². The van der Waals surface area contributed by atoms with E-state index >= 15 is 0 Å². The number of aromatic nitrogens is 4. The van der Waals surface area contributed by atoms with E-state index in [2.05, 4.69) is 15.0 Å². The van der Waals surface area contributed by atoms with Gasteiger partial charge in [0.25, 0.3) is 5.56 Å². The highest BCUT2D eigenvalue weighted by atomic mass is 31.2. The van der Waals surface area contributed by atoms with Gasteiger partial charge in [0.1, 0.15) is 30.5 Å². The second-order valence-electron chi connectivity index (χ2n) is 11.0. The minimum absolute atomic E-state index is 0.00990. The number of H-pyrrole nitrogens is 1. The Morgan fingerprint density at radius 2 is 1.76 bits per heavy atom. The van der Waals surface area contributed by atoms with Crippen molar-refractivity contribution in [1.29, 1.82) is 0 Å². The topological polar surface area (TPSA) is 229 Å². The highest BCUT2D eigenvalue weighted by molar-refractivity contribution is 7.47. The van der Waals surface area contributed by atoms with Crippen LogP contribution in [0.1, 0.15) is 31.2 Å². The first-order chi connectivity index (χ1) is 22.0. The Morgan fingerprint density at radius 1 is 1.02 bits per heavy atom. The molecule has 5 heterocycles. The average Bonchev–Trinajstić information content (AvgIpc) is 3.70. The lowest BCUT2D eigenvalue weighted by Crippen LogP contribution is -2.38. The molecule has 7 rings (SSSR count). The number of nitrogens with one attached hydrogen (secondary N) is 1. The van der Waals surface area contributed by atoms with Gasteiger partial charge in [-0.1, -0.05) is 42.5 Å². The molecule has 4 aromatic rings. The van der Waals surface area contributed by atoms with Crippen LogP contribution in [-0.2, 0) is 41.4 Å². The molecule has 17 nitrogen and oxygen atoms in total. The van der Waals surface area contributed by atoms with Crippen LogP contribution in [0.15, 0.2) is 53.6 Å². The van der Waals surface area contributed by atoms with Crippen LogP contribution in [0.25, 0.3) is 21.9 Å². The zero-order valence-electron chi connectivity index (χ0n) is 24.3. The molecule has 2 aromatic carbocycles. The van der Waals surface area contributed by atoms with Gasteiger partial charge in [-0.25, -0.2) is 14.1 Å². The second-order valence-corrected chi connectivity index (χ2v) is 13.8. The molecule has 5 N–H and O–H groups in total. The number of phosphoric acid groups is 2. The van der Waals surface area contributed by atoms with Crippen LogP contribution in [0, 0.1) is 0 Å². The minimum Gasteiger partial charge on any atom is -0.373 e. The monoisotopic (exact) mass is 679 g/mol. The fraction of sp³-hybridized carbons (Fsp3) is 0.444. The average molecular weight is 680 g/mol. The van der Waals surface area contributed by atoms with Crippen LogP contribution in [-0.4, -0.2) is 79.6 Å². The maximum absolute atomic E-state index is 13.5. The fourth-order valence-corrected chi connectivity index (χ4v) is 8.02. The second kappa shape index (κ2) is 12.2. The zero-order valence-corrected chi connectivity index (χ0v) is 26.1. The molecular formula is C27H31N5O12P2. The largest absolute Gasteiger partial charge is 0.472 e. The molecule has 9 atom stereocenters. The van der Waals surface area contributed by atoms with Crippen LogP contribution < -0.4 is 11.3 Å². The smallest absolute Gasteiger partial charge is 0.373 e. The molecule has 0 spiro atoms. The Labute approximate surface area is 260 Å². The summed E-state index contributed by atoms with van der Waals surface area (Å²) in [7, 11) is -9.67. The highest BCUT2D eigenvalue weighted by Crippen LogP contribution is 2.54. The van der Waals surface area contributed by atoms with Gasteiger partial charge in [-0.05, 0) is 23.3 Å². The molecule has 4 unspecified atom stereocenters. The van der Waals surface area contributed by atoms with Gasteiger partial charge in [-0.15, -0.1) is 0 Å². The molecule has 2 bridgehead atoms. The summed E-state index contributed by atoms with van der Waals surface area (Å²) in [5.74, 6) is -0.208. The first-order valence-electron chi connectivity index (χ1n) is 14.5. The molecule has 3 fully saturated rings. The number of benzene rings is 2. The van der Waals surface area contributed by atoms with E-state index in [0.717, 1.165) is 16.3 Å². The van der Waals surface area contributed by atoms with E-state index in [0.29, 0.717) is 0 Å². The molecule has 46 heavy (non-hydrogen) atoms. The number of hydrogen-bond acceptors (Lipinski definition) is 13. The lowest BCUT2D eigenvalue weighted by Gasteiger charge is -2.26. The molecule has 0 amide bonds. The van der Waals surface area contributed by atoms with E-state index in [9.17, 15) is 23.7 Å².